The van der Waals surface area contributed by atoms with Crippen LogP contribution in [0.5, 0.6) is 0 Å². The van der Waals surface area contributed by atoms with Crippen molar-refractivity contribution in [1.82, 2.24) is 4.98 Å². The van der Waals surface area contributed by atoms with Gasteiger partial charge in [0, 0.05) is 18.8 Å². The van der Waals surface area contributed by atoms with Crippen LogP contribution in [-0.4, -0.2) is 12.0 Å². The average molecular weight is 238 g/mol. The molecule has 2 heterocycles. The van der Waals surface area contributed by atoms with Crippen LogP contribution < -0.4 is 10.6 Å². The Morgan fingerprint density at radius 1 is 1.50 bits per heavy atom. The highest BCUT2D eigenvalue weighted by atomic mass is 35.5. The molecule has 0 aliphatic carbocycles. The number of nitrogen functional groups attached to an aromatic ring is 1. The highest BCUT2D eigenvalue weighted by molar-refractivity contribution is 6.29. The molecule has 0 aliphatic rings. The Hall–Kier alpha value is -1.68. The maximum absolute atomic E-state index is 5.83. The van der Waals surface area contributed by atoms with E-state index in [1.807, 2.05) is 24.1 Å². The van der Waals surface area contributed by atoms with Crippen molar-refractivity contribution in [2.75, 3.05) is 17.7 Å². The van der Waals surface area contributed by atoms with Crippen molar-refractivity contribution in [3.8, 4) is 0 Å². The summed E-state index contributed by atoms with van der Waals surface area (Å²) in [4.78, 5) is 6.10. The van der Waals surface area contributed by atoms with Gasteiger partial charge < -0.3 is 15.1 Å². The molecular formula is C11H12ClN3O. The van der Waals surface area contributed by atoms with Gasteiger partial charge in [0.15, 0.2) is 0 Å². The smallest absolute Gasteiger partial charge is 0.133 e. The third kappa shape index (κ3) is 2.46. The topological polar surface area (TPSA) is 55.3 Å². The van der Waals surface area contributed by atoms with Gasteiger partial charge in [-0.25, -0.2) is 4.98 Å². The van der Waals surface area contributed by atoms with Gasteiger partial charge in [-0.05, 0) is 18.2 Å². The monoisotopic (exact) mass is 237 g/mol. The van der Waals surface area contributed by atoms with Crippen LogP contribution in [0, 0.1) is 0 Å². The zero-order valence-electron chi connectivity index (χ0n) is 8.85. The second kappa shape index (κ2) is 4.45. The lowest BCUT2D eigenvalue weighted by atomic mass is 10.3. The molecule has 16 heavy (non-hydrogen) atoms. The second-order valence-electron chi connectivity index (χ2n) is 3.52. The Balaban J connectivity index is 2.17. The van der Waals surface area contributed by atoms with Gasteiger partial charge in [-0.1, -0.05) is 11.6 Å². The van der Waals surface area contributed by atoms with Gasteiger partial charge in [0.05, 0.1) is 12.8 Å². The highest BCUT2D eigenvalue weighted by Crippen LogP contribution is 2.20. The number of hydrogen-bond acceptors (Lipinski definition) is 4. The number of furan rings is 1. The first-order valence-corrected chi connectivity index (χ1v) is 5.19. The maximum atomic E-state index is 5.83. The van der Waals surface area contributed by atoms with Gasteiger partial charge >= 0.3 is 0 Å². The molecule has 0 aliphatic heterocycles. The molecule has 2 aromatic rings. The van der Waals surface area contributed by atoms with E-state index in [2.05, 4.69) is 4.98 Å². The molecule has 0 bridgehead atoms. The van der Waals surface area contributed by atoms with Crippen molar-refractivity contribution < 1.29 is 4.42 Å². The van der Waals surface area contributed by atoms with Crippen molar-refractivity contribution in [3.05, 3.63) is 41.4 Å². The fraction of sp³-hybridized carbons (Fsp3) is 0.182. The van der Waals surface area contributed by atoms with E-state index in [4.69, 9.17) is 21.8 Å². The zero-order chi connectivity index (χ0) is 11.5. The number of rotatable bonds is 3. The molecule has 0 saturated carbocycles. The summed E-state index contributed by atoms with van der Waals surface area (Å²) < 4.78 is 5.25. The molecule has 0 spiro atoms. The summed E-state index contributed by atoms with van der Waals surface area (Å²) in [6, 6.07) is 7.15. The van der Waals surface area contributed by atoms with Crippen LogP contribution in [0.4, 0.5) is 11.5 Å². The molecule has 0 atom stereocenters. The van der Waals surface area contributed by atoms with E-state index in [-0.39, 0.29) is 0 Å². The van der Waals surface area contributed by atoms with E-state index < -0.39 is 0 Å². The minimum Gasteiger partial charge on any atom is -0.467 e. The van der Waals surface area contributed by atoms with Crippen LogP contribution in [0.15, 0.2) is 34.9 Å². The lowest BCUT2D eigenvalue weighted by Crippen LogP contribution is -2.17. The molecule has 2 N–H and O–H groups in total. The van der Waals surface area contributed by atoms with E-state index in [0.717, 1.165) is 11.6 Å². The van der Waals surface area contributed by atoms with Crippen molar-refractivity contribution >= 4 is 23.1 Å². The summed E-state index contributed by atoms with van der Waals surface area (Å²) >= 11 is 5.83. The first-order chi connectivity index (χ1) is 7.65. The number of halogens is 1. The van der Waals surface area contributed by atoms with Crippen LogP contribution in [-0.2, 0) is 6.54 Å². The summed E-state index contributed by atoms with van der Waals surface area (Å²) in [6.45, 7) is 0.625. The van der Waals surface area contributed by atoms with Gasteiger partial charge in [0.25, 0.3) is 0 Å². The van der Waals surface area contributed by atoms with Crippen molar-refractivity contribution in [3.63, 3.8) is 0 Å². The van der Waals surface area contributed by atoms with Crippen LogP contribution in [0.2, 0.25) is 5.15 Å². The fourth-order valence-electron chi connectivity index (χ4n) is 1.42. The van der Waals surface area contributed by atoms with E-state index in [1.54, 1.807) is 18.4 Å². The summed E-state index contributed by atoms with van der Waals surface area (Å²) in [5.41, 5.74) is 6.29. The largest absolute Gasteiger partial charge is 0.467 e. The summed E-state index contributed by atoms with van der Waals surface area (Å²) in [7, 11) is 1.90. The molecule has 0 unspecified atom stereocenters. The molecule has 2 rings (SSSR count). The van der Waals surface area contributed by atoms with Crippen molar-refractivity contribution in [2.45, 2.75) is 6.54 Å². The van der Waals surface area contributed by atoms with Gasteiger partial charge in [0.2, 0.25) is 0 Å². The first kappa shape index (κ1) is 10.8. The molecule has 0 radical (unpaired) electrons. The number of hydrogen-bond donors (Lipinski definition) is 1. The zero-order valence-corrected chi connectivity index (χ0v) is 9.61. The summed E-state index contributed by atoms with van der Waals surface area (Å²) in [6.07, 6.45) is 1.64. The van der Waals surface area contributed by atoms with Gasteiger partial charge in [-0.15, -0.1) is 0 Å². The average Bonchev–Trinajstić information content (AvgIpc) is 2.68. The SMILES string of the molecule is CN(Cc1ccco1)c1cc(N)cc(Cl)n1. The Labute approximate surface area is 98.6 Å². The van der Waals surface area contributed by atoms with Gasteiger partial charge in [-0.2, -0.15) is 0 Å². The molecule has 84 valence electrons. The maximum Gasteiger partial charge on any atom is 0.133 e. The Bertz CT molecular complexity index is 450. The molecule has 5 heteroatoms. The third-order valence-electron chi connectivity index (χ3n) is 2.17. The van der Waals surface area contributed by atoms with E-state index in [0.29, 0.717) is 17.4 Å². The molecule has 4 nitrogen and oxygen atoms in total. The molecular weight excluding hydrogens is 226 g/mol. The Morgan fingerprint density at radius 2 is 2.31 bits per heavy atom. The molecule has 2 aromatic heterocycles. The molecule has 0 aromatic carbocycles. The predicted octanol–water partition coefficient (Wildman–Crippen LogP) is 2.55. The summed E-state index contributed by atoms with van der Waals surface area (Å²) in [5, 5.41) is 0.390. The second-order valence-corrected chi connectivity index (χ2v) is 3.90. The lowest BCUT2D eigenvalue weighted by molar-refractivity contribution is 0.507. The molecule has 0 fully saturated rings. The Kier molecular flexibility index (Phi) is 3.01. The first-order valence-electron chi connectivity index (χ1n) is 4.82. The molecule has 0 saturated heterocycles. The van der Waals surface area contributed by atoms with E-state index in [9.17, 15) is 0 Å². The number of nitrogens with zero attached hydrogens (tertiary/aromatic N) is 2. The van der Waals surface area contributed by atoms with E-state index in [1.165, 1.54) is 0 Å². The molecule has 0 amide bonds. The predicted molar refractivity (Wildman–Crippen MR) is 64.5 cm³/mol. The van der Waals surface area contributed by atoms with Crippen LogP contribution in [0.3, 0.4) is 0 Å². The normalized spacial score (nSPS) is 10.4. The van der Waals surface area contributed by atoms with Crippen molar-refractivity contribution in [1.29, 1.82) is 0 Å². The van der Waals surface area contributed by atoms with Gasteiger partial charge in [0.1, 0.15) is 16.7 Å². The number of aromatic nitrogens is 1. The Morgan fingerprint density at radius 3 is 2.94 bits per heavy atom. The van der Waals surface area contributed by atoms with Crippen LogP contribution in [0.25, 0.3) is 0 Å². The minimum absolute atomic E-state index is 0.390. The van der Waals surface area contributed by atoms with Crippen molar-refractivity contribution in [2.24, 2.45) is 0 Å². The van der Waals surface area contributed by atoms with Crippen LogP contribution in [0.1, 0.15) is 5.76 Å². The number of pyridine rings is 1. The highest BCUT2D eigenvalue weighted by Gasteiger charge is 2.07. The quantitative estimate of drug-likeness (QED) is 0.834. The van der Waals surface area contributed by atoms with Gasteiger partial charge in [-0.3, -0.25) is 0 Å². The lowest BCUT2D eigenvalue weighted by Gasteiger charge is -2.17. The summed E-state index contributed by atoms with van der Waals surface area (Å²) in [5.74, 6) is 1.59. The number of nitrogens with two attached hydrogens (primary N) is 1. The van der Waals surface area contributed by atoms with E-state index >= 15 is 0 Å². The minimum atomic E-state index is 0.390. The van der Waals surface area contributed by atoms with Crippen LogP contribution >= 0.6 is 11.6 Å². The fourth-order valence-corrected chi connectivity index (χ4v) is 1.63. The third-order valence-corrected chi connectivity index (χ3v) is 2.36. The standard InChI is InChI=1S/C11H12ClN3O/c1-15(7-9-3-2-4-16-9)11-6-8(13)5-10(12)14-11/h2-6H,7H2,1H3,(H2,13,14). The number of anilines is 2.